The van der Waals surface area contributed by atoms with E-state index in [1.54, 1.807) is 6.07 Å². The third-order valence-electron chi connectivity index (χ3n) is 3.30. The molecule has 0 spiro atoms. The zero-order chi connectivity index (χ0) is 16.4. The zero-order valence-corrected chi connectivity index (χ0v) is 13.2. The number of carbonyl (C=O) groups is 1. The number of nitrogens with zero attached hydrogens (tertiary/aromatic N) is 1. The summed E-state index contributed by atoms with van der Waals surface area (Å²) in [5, 5.41) is 18.5. The molecule has 124 valence electrons. The van der Waals surface area contributed by atoms with Gasteiger partial charge in [-0.3, -0.25) is 4.79 Å². The summed E-state index contributed by atoms with van der Waals surface area (Å²) < 4.78 is 9.90. The van der Waals surface area contributed by atoms with Crippen molar-refractivity contribution in [2.45, 2.75) is 26.1 Å². The number of aliphatic hydroxyl groups excluding tert-OH is 2. The second-order valence-corrected chi connectivity index (χ2v) is 5.04. The van der Waals surface area contributed by atoms with Gasteiger partial charge in [0.05, 0.1) is 33.4 Å². The molecule has 0 aliphatic heterocycles. The fraction of sp³-hybridized carbons (Fsp3) is 0.562. The Morgan fingerprint density at radius 3 is 2.32 bits per heavy atom. The van der Waals surface area contributed by atoms with Crippen molar-refractivity contribution >= 4 is 11.7 Å². The number of methoxy groups -OCH3 is 1. The number of hydrogen-bond acceptors (Lipinski definition) is 6. The Bertz CT molecular complexity index is 442. The molecule has 0 unspecified atom stereocenters. The predicted molar refractivity (Wildman–Crippen MR) is 83.6 cm³/mol. The van der Waals surface area contributed by atoms with Crippen LogP contribution < -0.4 is 4.90 Å². The van der Waals surface area contributed by atoms with Crippen LogP contribution in [0.25, 0.3) is 0 Å². The van der Waals surface area contributed by atoms with Gasteiger partial charge in [-0.2, -0.15) is 0 Å². The predicted octanol–water partition coefficient (Wildman–Crippen LogP) is 1.08. The van der Waals surface area contributed by atoms with E-state index in [-0.39, 0.29) is 25.6 Å². The second-order valence-electron chi connectivity index (χ2n) is 5.04. The van der Waals surface area contributed by atoms with Gasteiger partial charge in [0.2, 0.25) is 0 Å². The van der Waals surface area contributed by atoms with Crippen LogP contribution in [0.2, 0.25) is 0 Å². The standard InChI is InChI=1S/C16H25NO5/c1-17(5-3-6-22-7-4-16(20)21-2)15-9-13(11-18)8-14(10-15)12-19/h8-10,18-19H,3-7,11-12H2,1-2H3. The van der Waals surface area contributed by atoms with Crippen LogP contribution in [-0.4, -0.2) is 50.1 Å². The number of esters is 1. The van der Waals surface area contributed by atoms with E-state index in [0.717, 1.165) is 29.8 Å². The topological polar surface area (TPSA) is 79.2 Å². The van der Waals surface area contributed by atoms with Crippen molar-refractivity contribution in [3.63, 3.8) is 0 Å². The number of hydrogen-bond donors (Lipinski definition) is 2. The highest BCUT2D eigenvalue weighted by molar-refractivity contribution is 5.69. The summed E-state index contributed by atoms with van der Waals surface area (Å²) in [5.74, 6) is -0.269. The summed E-state index contributed by atoms with van der Waals surface area (Å²) in [7, 11) is 3.31. The van der Waals surface area contributed by atoms with Crippen molar-refractivity contribution in [3.05, 3.63) is 29.3 Å². The van der Waals surface area contributed by atoms with Gasteiger partial charge in [-0.1, -0.05) is 6.07 Å². The maximum Gasteiger partial charge on any atom is 0.307 e. The van der Waals surface area contributed by atoms with Crippen molar-refractivity contribution in [1.82, 2.24) is 0 Å². The molecule has 0 aliphatic carbocycles. The van der Waals surface area contributed by atoms with E-state index in [0.29, 0.717) is 13.2 Å². The van der Waals surface area contributed by atoms with Crippen LogP contribution in [0.15, 0.2) is 18.2 Å². The number of ether oxygens (including phenoxy) is 2. The maximum atomic E-state index is 10.9. The summed E-state index contributed by atoms with van der Waals surface area (Å²) in [6.45, 7) is 1.60. The largest absolute Gasteiger partial charge is 0.469 e. The lowest BCUT2D eigenvalue weighted by Crippen LogP contribution is -2.20. The number of aliphatic hydroxyl groups is 2. The number of anilines is 1. The van der Waals surface area contributed by atoms with Gasteiger partial charge < -0.3 is 24.6 Å². The molecular formula is C16H25NO5. The number of carbonyl (C=O) groups excluding carboxylic acids is 1. The average molecular weight is 311 g/mol. The quantitative estimate of drug-likeness (QED) is 0.497. The van der Waals surface area contributed by atoms with Crippen LogP contribution in [-0.2, 0) is 27.5 Å². The van der Waals surface area contributed by atoms with Gasteiger partial charge in [0.15, 0.2) is 0 Å². The van der Waals surface area contributed by atoms with Crippen LogP contribution in [0.5, 0.6) is 0 Å². The highest BCUT2D eigenvalue weighted by Crippen LogP contribution is 2.19. The third kappa shape index (κ3) is 6.43. The molecular weight excluding hydrogens is 286 g/mol. The molecule has 1 aromatic carbocycles. The van der Waals surface area contributed by atoms with Gasteiger partial charge in [-0.25, -0.2) is 0 Å². The average Bonchev–Trinajstić information content (AvgIpc) is 2.56. The van der Waals surface area contributed by atoms with Crippen LogP contribution in [0, 0.1) is 0 Å². The molecule has 1 rings (SSSR count). The molecule has 0 amide bonds. The van der Waals surface area contributed by atoms with Crippen molar-refractivity contribution in [3.8, 4) is 0 Å². The lowest BCUT2D eigenvalue weighted by Gasteiger charge is -2.21. The monoisotopic (exact) mass is 311 g/mol. The molecule has 0 heterocycles. The molecule has 6 nitrogen and oxygen atoms in total. The molecule has 1 aromatic rings. The van der Waals surface area contributed by atoms with Gasteiger partial charge in [0.25, 0.3) is 0 Å². The Hall–Kier alpha value is -1.63. The lowest BCUT2D eigenvalue weighted by molar-refractivity contribution is -0.141. The van der Waals surface area contributed by atoms with E-state index in [1.165, 1.54) is 7.11 Å². The fourth-order valence-electron chi connectivity index (χ4n) is 2.04. The summed E-state index contributed by atoms with van der Waals surface area (Å²) in [4.78, 5) is 13.0. The van der Waals surface area contributed by atoms with Crippen molar-refractivity contribution in [1.29, 1.82) is 0 Å². The Balaban J connectivity index is 2.36. The molecule has 6 heteroatoms. The van der Waals surface area contributed by atoms with Crippen LogP contribution in [0.3, 0.4) is 0 Å². The minimum Gasteiger partial charge on any atom is -0.469 e. The normalized spacial score (nSPS) is 10.5. The SMILES string of the molecule is COC(=O)CCOCCCN(C)c1cc(CO)cc(CO)c1. The van der Waals surface area contributed by atoms with Crippen molar-refractivity contribution < 1.29 is 24.5 Å². The lowest BCUT2D eigenvalue weighted by atomic mass is 10.1. The molecule has 22 heavy (non-hydrogen) atoms. The maximum absolute atomic E-state index is 10.9. The van der Waals surface area contributed by atoms with E-state index in [4.69, 9.17) is 4.74 Å². The van der Waals surface area contributed by atoms with E-state index < -0.39 is 0 Å². The van der Waals surface area contributed by atoms with E-state index in [1.807, 2.05) is 24.1 Å². The second kappa shape index (κ2) is 10.2. The number of rotatable bonds is 10. The van der Waals surface area contributed by atoms with Gasteiger partial charge in [0.1, 0.15) is 0 Å². The molecule has 0 radical (unpaired) electrons. The minimum absolute atomic E-state index is 0.0503. The first-order valence-electron chi connectivity index (χ1n) is 7.31. The molecule has 0 aliphatic rings. The fourth-order valence-corrected chi connectivity index (χ4v) is 2.04. The van der Waals surface area contributed by atoms with Crippen LogP contribution >= 0.6 is 0 Å². The third-order valence-corrected chi connectivity index (χ3v) is 3.30. The molecule has 2 N–H and O–H groups in total. The Kier molecular flexibility index (Phi) is 8.50. The molecule has 0 atom stereocenters. The first-order chi connectivity index (χ1) is 10.6. The summed E-state index contributed by atoms with van der Waals surface area (Å²) in [5.41, 5.74) is 2.51. The zero-order valence-electron chi connectivity index (χ0n) is 13.2. The van der Waals surface area contributed by atoms with Crippen LogP contribution in [0.1, 0.15) is 24.0 Å². The first-order valence-corrected chi connectivity index (χ1v) is 7.31. The molecule has 0 saturated carbocycles. The highest BCUT2D eigenvalue weighted by Gasteiger charge is 2.05. The smallest absolute Gasteiger partial charge is 0.307 e. The van der Waals surface area contributed by atoms with Crippen molar-refractivity contribution in [2.75, 3.05) is 38.8 Å². The minimum atomic E-state index is -0.269. The summed E-state index contributed by atoms with van der Waals surface area (Å²) >= 11 is 0. The van der Waals surface area contributed by atoms with E-state index in [9.17, 15) is 15.0 Å². The van der Waals surface area contributed by atoms with Gasteiger partial charge in [-0.15, -0.1) is 0 Å². The Morgan fingerprint density at radius 1 is 1.14 bits per heavy atom. The van der Waals surface area contributed by atoms with Gasteiger partial charge in [0, 0.05) is 25.9 Å². The first kappa shape index (κ1) is 18.4. The van der Waals surface area contributed by atoms with Gasteiger partial charge >= 0.3 is 5.97 Å². The molecule has 0 saturated heterocycles. The number of benzene rings is 1. The Morgan fingerprint density at radius 2 is 1.77 bits per heavy atom. The van der Waals surface area contributed by atoms with Gasteiger partial charge in [-0.05, 0) is 29.7 Å². The molecule has 0 fully saturated rings. The van der Waals surface area contributed by atoms with Crippen LogP contribution in [0.4, 0.5) is 5.69 Å². The van der Waals surface area contributed by atoms with Crippen molar-refractivity contribution in [2.24, 2.45) is 0 Å². The Labute approximate surface area is 131 Å². The van der Waals surface area contributed by atoms with E-state index >= 15 is 0 Å². The molecule has 0 bridgehead atoms. The molecule has 0 aromatic heterocycles. The summed E-state index contributed by atoms with van der Waals surface area (Å²) in [6.07, 6.45) is 1.08. The highest BCUT2D eigenvalue weighted by atomic mass is 16.5. The summed E-state index contributed by atoms with van der Waals surface area (Å²) in [6, 6.07) is 5.59. The van der Waals surface area contributed by atoms with E-state index in [2.05, 4.69) is 4.74 Å².